The van der Waals surface area contributed by atoms with E-state index in [-0.39, 0.29) is 5.54 Å². The summed E-state index contributed by atoms with van der Waals surface area (Å²) in [5.41, 5.74) is 5.27. The lowest BCUT2D eigenvalue weighted by Crippen LogP contribution is -2.21. The zero-order valence-electron chi connectivity index (χ0n) is 7.35. The van der Waals surface area contributed by atoms with Crippen molar-refractivity contribution in [2.75, 3.05) is 6.54 Å². The topological polar surface area (TPSA) is 62.2 Å². The third-order valence-corrected chi connectivity index (χ3v) is 2.01. The molecule has 3 heteroatoms. The van der Waals surface area contributed by atoms with Gasteiger partial charge in [0.25, 0.3) is 0 Å². The highest BCUT2D eigenvalue weighted by molar-refractivity contribution is 5.37. The van der Waals surface area contributed by atoms with Gasteiger partial charge < -0.3 is 5.73 Å². The molecular formula is C8H17N3. The summed E-state index contributed by atoms with van der Waals surface area (Å²) in [5.74, 6) is 0. The predicted octanol–water partition coefficient (Wildman–Crippen LogP) is 1.65. The van der Waals surface area contributed by atoms with Gasteiger partial charge in [-0.2, -0.15) is 0 Å². The molecule has 3 N–H and O–H groups in total. The molecule has 0 saturated carbocycles. The normalized spacial score (nSPS) is 15.2. The molecule has 0 radical (unpaired) electrons. The van der Waals surface area contributed by atoms with Crippen molar-refractivity contribution in [3.05, 3.63) is 0 Å². The highest BCUT2D eigenvalue weighted by atomic mass is 14.8. The van der Waals surface area contributed by atoms with Crippen LogP contribution in [0.4, 0.5) is 0 Å². The number of rotatable bonds is 5. The van der Waals surface area contributed by atoms with Crippen LogP contribution in [-0.2, 0) is 0 Å². The Hall–Kier alpha value is -0.660. The summed E-state index contributed by atoms with van der Waals surface area (Å²) in [5, 5.41) is 6.75. The van der Waals surface area contributed by atoms with E-state index in [1.807, 2.05) is 6.92 Å². The third-order valence-electron chi connectivity index (χ3n) is 2.01. The predicted molar refractivity (Wildman–Crippen MR) is 47.1 cm³/mol. The summed E-state index contributed by atoms with van der Waals surface area (Å²) in [6.07, 6.45) is 2.86. The lowest BCUT2D eigenvalue weighted by atomic mass is 9.94. The van der Waals surface area contributed by atoms with Gasteiger partial charge in [0.1, 0.15) is 0 Å². The molecule has 0 spiro atoms. The van der Waals surface area contributed by atoms with E-state index in [2.05, 4.69) is 17.9 Å². The summed E-state index contributed by atoms with van der Waals surface area (Å²) in [4.78, 5) is 3.97. The molecule has 64 valence electrons. The van der Waals surface area contributed by atoms with Gasteiger partial charge in [-0.05, 0) is 32.7 Å². The maximum absolute atomic E-state index is 6.75. The Morgan fingerprint density at radius 1 is 1.64 bits per heavy atom. The van der Waals surface area contributed by atoms with Crippen LogP contribution in [0.1, 0.15) is 33.1 Å². The minimum absolute atomic E-state index is 0.110. The Bertz CT molecular complexity index is 149. The van der Waals surface area contributed by atoms with Crippen LogP contribution in [0.3, 0.4) is 0 Å². The van der Waals surface area contributed by atoms with Crippen molar-refractivity contribution in [3.63, 3.8) is 0 Å². The number of nitrogens with zero attached hydrogens (tertiary/aromatic N) is 1. The zero-order chi connectivity index (χ0) is 8.74. The zero-order valence-corrected chi connectivity index (χ0v) is 7.35. The van der Waals surface area contributed by atoms with E-state index >= 15 is 0 Å². The highest BCUT2D eigenvalue weighted by Gasteiger charge is 2.18. The highest BCUT2D eigenvalue weighted by Crippen LogP contribution is 2.20. The monoisotopic (exact) mass is 155 g/mol. The molecule has 0 rings (SSSR count). The summed E-state index contributed by atoms with van der Waals surface area (Å²) in [6.45, 7) is 4.80. The van der Waals surface area contributed by atoms with Crippen LogP contribution >= 0.6 is 0 Å². The van der Waals surface area contributed by atoms with Gasteiger partial charge in [-0.3, -0.25) is 0 Å². The molecule has 3 nitrogen and oxygen atoms in total. The van der Waals surface area contributed by atoms with Crippen molar-refractivity contribution in [2.45, 2.75) is 38.6 Å². The van der Waals surface area contributed by atoms with Gasteiger partial charge in [-0.1, -0.05) is 6.92 Å². The first-order valence-electron chi connectivity index (χ1n) is 4.02. The van der Waals surface area contributed by atoms with Gasteiger partial charge in [0, 0.05) is 0 Å². The van der Waals surface area contributed by atoms with Crippen molar-refractivity contribution in [3.8, 4) is 0 Å². The Kier molecular flexibility index (Phi) is 4.75. The SMILES string of the molecule is CCC(C)(CCCN)N=C=N. The minimum Gasteiger partial charge on any atom is -0.330 e. The van der Waals surface area contributed by atoms with Gasteiger partial charge in [-0.25, -0.2) is 10.4 Å². The summed E-state index contributed by atoms with van der Waals surface area (Å²) >= 11 is 0. The van der Waals surface area contributed by atoms with E-state index < -0.39 is 0 Å². The molecule has 0 aromatic carbocycles. The van der Waals surface area contributed by atoms with Crippen molar-refractivity contribution in [1.29, 1.82) is 5.41 Å². The van der Waals surface area contributed by atoms with Crippen LogP contribution in [0.25, 0.3) is 0 Å². The van der Waals surface area contributed by atoms with Gasteiger partial charge >= 0.3 is 0 Å². The number of hydrogen-bond acceptors (Lipinski definition) is 3. The fourth-order valence-corrected chi connectivity index (χ4v) is 0.930. The quantitative estimate of drug-likeness (QED) is 0.582. The molecule has 0 saturated heterocycles. The van der Waals surface area contributed by atoms with Crippen molar-refractivity contribution in [2.24, 2.45) is 10.7 Å². The molecule has 1 atom stereocenters. The largest absolute Gasteiger partial charge is 0.330 e. The Morgan fingerprint density at radius 2 is 2.27 bits per heavy atom. The average Bonchev–Trinajstić information content (AvgIpc) is 2.02. The van der Waals surface area contributed by atoms with Crippen LogP contribution in [0.15, 0.2) is 4.99 Å². The van der Waals surface area contributed by atoms with Crippen molar-refractivity contribution < 1.29 is 0 Å². The Labute approximate surface area is 68.2 Å². The van der Waals surface area contributed by atoms with E-state index in [1.165, 1.54) is 0 Å². The lowest BCUT2D eigenvalue weighted by molar-refractivity contribution is 0.413. The summed E-state index contributed by atoms with van der Waals surface area (Å²) in [6, 6.07) is 2.10. The fourth-order valence-electron chi connectivity index (χ4n) is 0.930. The van der Waals surface area contributed by atoms with Gasteiger partial charge in [-0.15, -0.1) is 0 Å². The Morgan fingerprint density at radius 3 is 2.64 bits per heavy atom. The van der Waals surface area contributed by atoms with Crippen LogP contribution < -0.4 is 5.73 Å². The first-order valence-corrected chi connectivity index (χ1v) is 4.02. The van der Waals surface area contributed by atoms with E-state index in [0.29, 0.717) is 6.54 Å². The number of hydrogen-bond donors (Lipinski definition) is 2. The molecule has 0 amide bonds. The molecule has 0 heterocycles. The Balaban J connectivity index is 3.98. The molecule has 1 unspecified atom stereocenters. The fraction of sp³-hybridized carbons (Fsp3) is 0.875. The van der Waals surface area contributed by atoms with Gasteiger partial charge in [0.2, 0.25) is 0 Å². The first-order chi connectivity index (χ1) is 5.18. The van der Waals surface area contributed by atoms with Gasteiger partial charge in [0.15, 0.2) is 0 Å². The minimum atomic E-state index is -0.110. The standard InChI is InChI=1S/C8H17N3/c1-3-8(2,11-7-10)5-4-6-9/h10H,3-6,9H2,1-2H3. The smallest absolute Gasteiger partial charge is 0.0867 e. The lowest BCUT2D eigenvalue weighted by Gasteiger charge is -2.20. The number of nitrogens with one attached hydrogen (secondary N) is 1. The molecule has 0 aliphatic rings. The molecule has 0 aromatic heterocycles. The van der Waals surface area contributed by atoms with Crippen molar-refractivity contribution in [1.82, 2.24) is 0 Å². The second-order valence-electron chi connectivity index (χ2n) is 2.97. The summed E-state index contributed by atoms with van der Waals surface area (Å²) < 4.78 is 0. The van der Waals surface area contributed by atoms with E-state index in [1.54, 1.807) is 0 Å². The molecular weight excluding hydrogens is 138 g/mol. The second-order valence-corrected chi connectivity index (χ2v) is 2.97. The van der Waals surface area contributed by atoms with Crippen LogP contribution in [0, 0.1) is 5.41 Å². The van der Waals surface area contributed by atoms with Crippen molar-refractivity contribution >= 4 is 6.01 Å². The maximum Gasteiger partial charge on any atom is 0.0867 e. The molecule has 11 heavy (non-hydrogen) atoms. The molecule has 0 aliphatic carbocycles. The number of nitrogens with two attached hydrogens (primary N) is 1. The molecule has 0 bridgehead atoms. The first kappa shape index (κ1) is 10.3. The molecule has 0 fully saturated rings. The maximum atomic E-state index is 6.75. The summed E-state index contributed by atoms with van der Waals surface area (Å²) in [7, 11) is 0. The average molecular weight is 155 g/mol. The van der Waals surface area contributed by atoms with E-state index in [4.69, 9.17) is 11.1 Å². The third kappa shape index (κ3) is 3.91. The molecule has 0 aromatic rings. The van der Waals surface area contributed by atoms with Crippen LogP contribution in [0.5, 0.6) is 0 Å². The second kappa shape index (κ2) is 5.05. The van der Waals surface area contributed by atoms with Crippen LogP contribution in [0.2, 0.25) is 0 Å². The number of aliphatic imine (C=N–C) groups is 1. The molecule has 0 aliphatic heterocycles. The van der Waals surface area contributed by atoms with E-state index in [9.17, 15) is 0 Å². The van der Waals surface area contributed by atoms with Gasteiger partial charge in [0.05, 0.1) is 11.5 Å². The van der Waals surface area contributed by atoms with E-state index in [0.717, 1.165) is 19.3 Å². The van der Waals surface area contributed by atoms with Crippen LogP contribution in [-0.4, -0.2) is 18.1 Å².